The first-order valence-electron chi connectivity index (χ1n) is 13.8. The van der Waals surface area contributed by atoms with Gasteiger partial charge in [0.1, 0.15) is 17.4 Å². The van der Waals surface area contributed by atoms with Gasteiger partial charge in [0, 0.05) is 36.7 Å². The van der Waals surface area contributed by atoms with Crippen molar-refractivity contribution in [2.75, 3.05) is 25.5 Å². The zero-order valence-corrected chi connectivity index (χ0v) is 24.5. The lowest BCUT2D eigenvalue weighted by molar-refractivity contribution is -0.127. The van der Waals surface area contributed by atoms with Gasteiger partial charge in [-0.3, -0.25) is 14.6 Å². The summed E-state index contributed by atoms with van der Waals surface area (Å²) in [5.41, 5.74) is 1.93. The molecule has 10 heteroatoms. The molecular formula is C31H41N5O5. The first-order valence-corrected chi connectivity index (χ1v) is 13.8. The number of benzene rings is 2. The van der Waals surface area contributed by atoms with Crippen LogP contribution >= 0.6 is 0 Å². The Hall–Kier alpha value is -4.34. The molecule has 4 N–H and O–H groups in total. The molecule has 0 bridgehead atoms. The summed E-state index contributed by atoms with van der Waals surface area (Å²) in [4.78, 5) is 42.1. The topological polar surface area (TPSA) is 131 Å². The Balaban J connectivity index is 1.44. The lowest BCUT2D eigenvalue weighted by Gasteiger charge is -2.23. The number of amides is 3. The molecule has 0 aliphatic carbocycles. The molecule has 0 fully saturated rings. The molecule has 3 aromatic rings. The third kappa shape index (κ3) is 10.6. The largest absolute Gasteiger partial charge is 0.497 e. The van der Waals surface area contributed by atoms with E-state index in [1.807, 2.05) is 54.6 Å². The second-order valence-electron chi connectivity index (χ2n) is 10.9. The minimum atomic E-state index is -0.894. The van der Waals surface area contributed by atoms with Gasteiger partial charge in [0.25, 0.3) is 0 Å². The molecule has 1 unspecified atom stereocenters. The third-order valence-electron chi connectivity index (χ3n) is 6.17. The van der Waals surface area contributed by atoms with E-state index in [0.717, 1.165) is 40.7 Å². The van der Waals surface area contributed by atoms with Crippen LogP contribution in [0.15, 0.2) is 60.8 Å². The molecule has 0 radical (unpaired) electrons. The number of carbonyl (C=O) groups is 3. The third-order valence-corrected chi connectivity index (χ3v) is 6.17. The van der Waals surface area contributed by atoms with Crippen LogP contribution in [0, 0.1) is 0 Å². The van der Waals surface area contributed by atoms with Crippen molar-refractivity contribution in [2.45, 2.75) is 64.6 Å². The van der Waals surface area contributed by atoms with E-state index in [0.29, 0.717) is 6.54 Å². The summed E-state index contributed by atoms with van der Waals surface area (Å²) < 4.78 is 10.7. The zero-order valence-electron chi connectivity index (χ0n) is 24.5. The van der Waals surface area contributed by atoms with E-state index in [-0.39, 0.29) is 24.9 Å². The Labute approximate surface area is 241 Å². The molecule has 220 valence electrons. The number of methoxy groups -OCH3 is 1. The quantitative estimate of drug-likeness (QED) is 0.229. The van der Waals surface area contributed by atoms with Gasteiger partial charge in [0.15, 0.2) is 0 Å². The lowest BCUT2D eigenvalue weighted by Crippen LogP contribution is -2.51. The molecule has 1 aromatic heterocycles. The fraction of sp³-hybridized carbons (Fsp3) is 0.419. The van der Waals surface area contributed by atoms with Gasteiger partial charge in [-0.05, 0) is 58.2 Å². The second-order valence-corrected chi connectivity index (χ2v) is 10.9. The van der Waals surface area contributed by atoms with Gasteiger partial charge >= 0.3 is 6.09 Å². The summed E-state index contributed by atoms with van der Waals surface area (Å²) in [5, 5.41) is 12.6. The minimum Gasteiger partial charge on any atom is -0.497 e. The number of nitrogens with zero attached hydrogens (tertiary/aromatic N) is 1. The average Bonchev–Trinajstić information content (AvgIpc) is 2.93. The van der Waals surface area contributed by atoms with Crippen molar-refractivity contribution in [3.8, 4) is 5.75 Å². The van der Waals surface area contributed by atoms with E-state index in [2.05, 4.69) is 33.2 Å². The number of hydrogen-bond donors (Lipinski definition) is 4. The molecule has 3 amide bonds. The molecular weight excluding hydrogens is 522 g/mol. The van der Waals surface area contributed by atoms with Crippen molar-refractivity contribution in [1.29, 1.82) is 0 Å². The number of hydrogen-bond acceptors (Lipinski definition) is 7. The van der Waals surface area contributed by atoms with E-state index in [1.54, 1.807) is 34.1 Å². The molecule has 2 atom stereocenters. The first kappa shape index (κ1) is 31.2. The van der Waals surface area contributed by atoms with Crippen molar-refractivity contribution in [3.05, 3.63) is 66.4 Å². The fourth-order valence-electron chi connectivity index (χ4n) is 4.23. The molecule has 0 aliphatic rings. The van der Waals surface area contributed by atoms with Gasteiger partial charge in [-0.1, -0.05) is 36.4 Å². The number of ether oxygens (including phenoxy) is 2. The van der Waals surface area contributed by atoms with Gasteiger partial charge in [0.05, 0.1) is 24.9 Å². The molecule has 2 aromatic carbocycles. The Morgan fingerprint density at radius 1 is 1.00 bits per heavy atom. The van der Waals surface area contributed by atoms with E-state index >= 15 is 0 Å². The molecule has 41 heavy (non-hydrogen) atoms. The maximum Gasteiger partial charge on any atom is 0.408 e. The van der Waals surface area contributed by atoms with Crippen LogP contribution in [-0.4, -0.2) is 60.8 Å². The molecule has 10 nitrogen and oxygen atoms in total. The van der Waals surface area contributed by atoms with E-state index in [9.17, 15) is 14.4 Å². The normalized spacial score (nSPS) is 12.6. The maximum absolute atomic E-state index is 12.9. The number of pyridine rings is 1. The van der Waals surface area contributed by atoms with Crippen LogP contribution in [0.1, 0.15) is 46.1 Å². The highest BCUT2D eigenvalue weighted by Gasteiger charge is 2.25. The number of aromatic nitrogens is 1. The van der Waals surface area contributed by atoms with Crippen LogP contribution in [0.2, 0.25) is 0 Å². The van der Waals surface area contributed by atoms with E-state index in [1.165, 1.54) is 0 Å². The maximum atomic E-state index is 12.9. The number of rotatable bonds is 13. The summed E-state index contributed by atoms with van der Waals surface area (Å²) in [6, 6.07) is 16.3. The van der Waals surface area contributed by atoms with Gasteiger partial charge in [0.2, 0.25) is 11.8 Å². The van der Waals surface area contributed by atoms with Crippen LogP contribution in [0.5, 0.6) is 5.75 Å². The standard InChI is InChI=1S/C31H41N5O5/c1-21(35-25-19-24(40-5)18-23-14-10-16-33-28(23)25)11-9-15-32-27(37)20-34-29(38)26(17-22-12-7-6-8-13-22)36-30(39)41-31(2,3)4/h6-8,10,12-14,16,18-19,21,26,35H,9,11,15,17,20H2,1-5H3,(H,32,37)(H,34,38)(H,36,39)/t21?,26-/m0/s1. The second kappa shape index (κ2) is 14.9. The molecule has 0 spiro atoms. The summed E-state index contributed by atoms with van der Waals surface area (Å²) in [5.74, 6) is -0.0219. The summed E-state index contributed by atoms with van der Waals surface area (Å²) in [7, 11) is 1.64. The van der Waals surface area contributed by atoms with Crippen molar-refractivity contribution >= 4 is 34.5 Å². The van der Waals surface area contributed by atoms with Crippen LogP contribution in [-0.2, 0) is 20.7 Å². The van der Waals surface area contributed by atoms with Crippen molar-refractivity contribution in [3.63, 3.8) is 0 Å². The van der Waals surface area contributed by atoms with Crippen molar-refractivity contribution in [2.24, 2.45) is 0 Å². The molecule has 1 heterocycles. The van der Waals surface area contributed by atoms with Gasteiger partial charge in [-0.2, -0.15) is 0 Å². The Bertz CT molecular complexity index is 1310. The van der Waals surface area contributed by atoms with Crippen LogP contribution < -0.4 is 26.0 Å². The monoisotopic (exact) mass is 563 g/mol. The highest BCUT2D eigenvalue weighted by atomic mass is 16.6. The summed E-state index contributed by atoms with van der Waals surface area (Å²) in [6.07, 6.45) is 2.86. The van der Waals surface area contributed by atoms with Crippen LogP contribution in [0.3, 0.4) is 0 Å². The Kier molecular flexibility index (Phi) is 11.3. The number of nitrogens with one attached hydrogen (secondary N) is 4. The number of fused-ring (bicyclic) bond motifs is 1. The number of carbonyl (C=O) groups excluding carboxylic acids is 3. The molecule has 0 saturated heterocycles. The Morgan fingerprint density at radius 2 is 1.76 bits per heavy atom. The Morgan fingerprint density at radius 3 is 2.46 bits per heavy atom. The van der Waals surface area contributed by atoms with Crippen LogP contribution in [0.25, 0.3) is 10.9 Å². The van der Waals surface area contributed by atoms with Gasteiger partial charge in [-0.15, -0.1) is 0 Å². The fourth-order valence-corrected chi connectivity index (χ4v) is 4.23. The highest BCUT2D eigenvalue weighted by molar-refractivity contribution is 5.92. The predicted molar refractivity (Wildman–Crippen MR) is 160 cm³/mol. The summed E-state index contributed by atoms with van der Waals surface area (Å²) in [6.45, 7) is 7.58. The molecule has 3 rings (SSSR count). The zero-order chi connectivity index (χ0) is 29.8. The molecule has 0 aliphatic heterocycles. The molecule has 0 saturated carbocycles. The van der Waals surface area contributed by atoms with Gasteiger partial charge < -0.3 is 30.7 Å². The number of anilines is 1. The van der Waals surface area contributed by atoms with E-state index < -0.39 is 23.6 Å². The van der Waals surface area contributed by atoms with Gasteiger partial charge in [-0.25, -0.2) is 4.79 Å². The van der Waals surface area contributed by atoms with Crippen LogP contribution in [0.4, 0.5) is 10.5 Å². The lowest BCUT2D eigenvalue weighted by atomic mass is 10.1. The summed E-state index contributed by atoms with van der Waals surface area (Å²) >= 11 is 0. The van der Waals surface area contributed by atoms with E-state index in [4.69, 9.17) is 9.47 Å². The van der Waals surface area contributed by atoms with Crippen molar-refractivity contribution in [1.82, 2.24) is 20.9 Å². The first-order chi connectivity index (χ1) is 19.5. The number of alkyl carbamates (subject to hydrolysis) is 1. The minimum absolute atomic E-state index is 0.126. The van der Waals surface area contributed by atoms with Crippen molar-refractivity contribution < 1.29 is 23.9 Å². The average molecular weight is 564 g/mol. The highest BCUT2D eigenvalue weighted by Crippen LogP contribution is 2.28. The predicted octanol–water partition coefficient (Wildman–Crippen LogP) is 4.19. The smallest absolute Gasteiger partial charge is 0.408 e. The SMILES string of the molecule is COc1cc(NC(C)CCCNC(=O)CNC(=O)[C@H](Cc2ccccc2)NC(=O)OC(C)(C)C)c2ncccc2c1.